The second-order valence-electron chi connectivity index (χ2n) is 4.91. The lowest BCUT2D eigenvalue weighted by molar-refractivity contribution is -0.427. The normalized spacial score (nSPS) is 11.7. The van der Waals surface area contributed by atoms with Crippen LogP contribution in [0.5, 0.6) is 5.75 Å². The molecule has 0 aliphatic rings. The molecule has 0 aliphatic heterocycles. The summed E-state index contributed by atoms with van der Waals surface area (Å²) >= 11 is 0. The number of nitro groups is 1. The van der Waals surface area contributed by atoms with Crippen LogP contribution in [-0.2, 0) is 0 Å². The highest BCUT2D eigenvalue weighted by molar-refractivity contribution is 5.53. The number of benzene rings is 1. The summed E-state index contributed by atoms with van der Waals surface area (Å²) in [5.74, 6) is 1.01. The van der Waals surface area contributed by atoms with Crippen molar-refractivity contribution in [3.8, 4) is 5.75 Å². The molecular weight excluding hydrogens is 242 g/mol. The first kappa shape index (κ1) is 15.2. The zero-order chi connectivity index (χ0) is 14.3. The van der Waals surface area contributed by atoms with Crippen molar-refractivity contribution in [1.82, 2.24) is 0 Å². The van der Waals surface area contributed by atoms with Crippen molar-refractivity contribution >= 4 is 6.08 Å². The second-order valence-corrected chi connectivity index (χ2v) is 4.91. The van der Waals surface area contributed by atoms with Crippen molar-refractivity contribution in [3.63, 3.8) is 0 Å². The summed E-state index contributed by atoms with van der Waals surface area (Å²) in [6.07, 6.45) is 3.03. The van der Waals surface area contributed by atoms with Crippen molar-refractivity contribution < 1.29 is 9.66 Å². The third kappa shape index (κ3) is 5.55. The van der Waals surface area contributed by atoms with Gasteiger partial charge in [-0.05, 0) is 30.0 Å². The maximum Gasteiger partial charge on any atom is 0.247 e. The quantitative estimate of drug-likeness (QED) is 0.548. The highest BCUT2D eigenvalue weighted by atomic mass is 16.6. The molecule has 0 unspecified atom stereocenters. The Hall–Kier alpha value is -1.84. The minimum Gasteiger partial charge on any atom is -0.494 e. The van der Waals surface area contributed by atoms with Gasteiger partial charge in [-0.2, -0.15) is 0 Å². The van der Waals surface area contributed by atoms with Crippen molar-refractivity contribution in [2.75, 3.05) is 6.61 Å². The summed E-state index contributed by atoms with van der Waals surface area (Å²) in [7, 11) is 0. The lowest BCUT2D eigenvalue weighted by Gasteiger charge is -2.06. The molecule has 0 heterocycles. The first-order valence-corrected chi connectivity index (χ1v) is 6.60. The van der Waals surface area contributed by atoms with E-state index in [1.54, 1.807) is 6.08 Å². The van der Waals surface area contributed by atoms with Gasteiger partial charge >= 0.3 is 0 Å². The molecule has 0 aliphatic carbocycles. The lowest BCUT2D eigenvalue weighted by atomic mass is 10.1. The predicted molar refractivity (Wildman–Crippen MR) is 76.7 cm³/mol. The Kier molecular flexibility index (Phi) is 6.06. The van der Waals surface area contributed by atoms with Gasteiger partial charge in [0.2, 0.25) is 5.70 Å². The van der Waals surface area contributed by atoms with Gasteiger partial charge in [-0.1, -0.05) is 32.9 Å². The largest absolute Gasteiger partial charge is 0.494 e. The van der Waals surface area contributed by atoms with Gasteiger partial charge in [0.1, 0.15) is 5.75 Å². The molecule has 0 amide bonds. The van der Waals surface area contributed by atoms with E-state index in [0.717, 1.165) is 17.7 Å². The minimum atomic E-state index is -0.306. The van der Waals surface area contributed by atoms with Crippen LogP contribution in [0.15, 0.2) is 30.0 Å². The topological polar surface area (TPSA) is 52.4 Å². The van der Waals surface area contributed by atoms with Gasteiger partial charge in [-0.15, -0.1) is 0 Å². The van der Waals surface area contributed by atoms with Gasteiger partial charge in [0.15, 0.2) is 0 Å². The average Bonchev–Trinajstić information content (AvgIpc) is 2.35. The molecule has 0 radical (unpaired) electrons. The van der Waals surface area contributed by atoms with E-state index < -0.39 is 0 Å². The Morgan fingerprint density at radius 2 is 2.21 bits per heavy atom. The fourth-order valence-electron chi connectivity index (χ4n) is 1.71. The molecular formula is C15H21NO3. The van der Waals surface area contributed by atoms with E-state index in [1.807, 2.05) is 45.0 Å². The predicted octanol–water partition coefficient (Wildman–Crippen LogP) is 4.14. The van der Waals surface area contributed by atoms with Crippen LogP contribution in [0.25, 0.3) is 6.08 Å². The van der Waals surface area contributed by atoms with E-state index in [9.17, 15) is 10.1 Å². The number of rotatable bonds is 7. The molecule has 104 valence electrons. The molecule has 0 N–H and O–H groups in total. The van der Waals surface area contributed by atoms with Crippen LogP contribution >= 0.6 is 0 Å². The Bertz CT molecular complexity index is 452. The third-order valence-corrected chi connectivity index (χ3v) is 2.52. The van der Waals surface area contributed by atoms with Crippen molar-refractivity contribution in [1.29, 1.82) is 0 Å². The summed E-state index contributed by atoms with van der Waals surface area (Å²) in [6.45, 7) is 6.63. The summed E-state index contributed by atoms with van der Waals surface area (Å²) in [5, 5.41) is 11.0. The summed E-state index contributed by atoms with van der Waals surface area (Å²) in [6, 6.07) is 7.40. The molecule has 4 heteroatoms. The SMILES string of the molecule is CCCOc1cccc(C=C(CC(C)C)[N+](=O)[O-])c1. The Morgan fingerprint density at radius 1 is 1.47 bits per heavy atom. The van der Waals surface area contributed by atoms with Crippen LogP contribution < -0.4 is 4.74 Å². The number of hydrogen-bond donors (Lipinski definition) is 0. The number of allylic oxidation sites excluding steroid dienone is 1. The fourth-order valence-corrected chi connectivity index (χ4v) is 1.71. The molecule has 0 atom stereocenters. The lowest BCUT2D eigenvalue weighted by Crippen LogP contribution is -2.02. The standard InChI is InChI=1S/C15H21NO3/c1-4-8-19-15-7-5-6-13(11-15)10-14(16(17)18)9-12(2)3/h5-7,10-12H,4,8-9H2,1-3H3. The molecule has 0 spiro atoms. The molecule has 19 heavy (non-hydrogen) atoms. The van der Waals surface area contributed by atoms with E-state index in [1.165, 1.54) is 0 Å². The molecule has 1 rings (SSSR count). The van der Waals surface area contributed by atoms with Crippen molar-refractivity contribution in [2.45, 2.75) is 33.6 Å². The summed E-state index contributed by atoms with van der Waals surface area (Å²) in [5.41, 5.74) is 1.04. The monoisotopic (exact) mass is 263 g/mol. The number of hydrogen-bond acceptors (Lipinski definition) is 3. The van der Waals surface area contributed by atoms with Gasteiger partial charge in [-0.25, -0.2) is 0 Å². The smallest absolute Gasteiger partial charge is 0.247 e. The zero-order valence-electron chi connectivity index (χ0n) is 11.8. The first-order valence-electron chi connectivity index (χ1n) is 6.60. The van der Waals surface area contributed by atoms with Crippen LogP contribution in [-0.4, -0.2) is 11.5 Å². The minimum absolute atomic E-state index is 0.239. The highest BCUT2D eigenvalue weighted by Crippen LogP contribution is 2.19. The molecule has 0 saturated heterocycles. The Morgan fingerprint density at radius 3 is 2.79 bits per heavy atom. The molecule has 1 aromatic rings. The first-order chi connectivity index (χ1) is 9.02. The molecule has 0 fully saturated rings. The van der Waals surface area contributed by atoms with E-state index in [0.29, 0.717) is 13.0 Å². The number of nitrogens with zero attached hydrogens (tertiary/aromatic N) is 1. The zero-order valence-corrected chi connectivity index (χ0v) is 11.8. The van der Waals surface area contributed by atoms with Crippen molar-refractivity contribution in [2.24, 2.45) is 5.92 Å². The molecule has 0 bridgehead atoms. The molecule has 1 aromatic carbocycles. The van der Waals surface area contributed by atoms with Gasteiger partial charge in [0.05, 0.1) is 11.5 Å². The third-order valence-electron chi connectivity index (χ3n) is 2.52. The Balaban J connectivity index is 2.90. The van der Waals surface area contributed by atoms with Gasteiger partial charge < -0.3 is 4.74 Å². The van der Waals surface area contributed by atoms with Gasteiger partial charge in [-0.3, -0.25) is 10.1 Å². The van der Waals surface area contributed by atoms with Gasteiger partial charge in [0, 0.05) is 12.5 Å². The molecule has 0 aromatic heterocycles. The summed E-state index contributed by atoms with van der Waals surface area (Å²) < 4.78 is 5.52. The summed E-state index contributed by atoms with van der Waals surface area (Å²) in [4.78, 5) is 10.7. The molecule has 0 saturated carbocycles. The highest BCUT2D eigenvalue weighted by Gasteiger charge is 2.13. The van der Waals surface area contributed by atoms with Crippen LogP contribution in [0, 0.1) is 16.0 Å². The Labute approximate surface area is 114 Å². The van der Waals surface area contributed by atoms with Crippen molar-refractivity contribution in [3.05, 3.63) is 45.6 Å². The van der Waals surface area contributed by atoms with Crippen LogP contribution in [0.2, 0.25) is 0 Å². The van der Waals surface area contributed by atoms with E-state index >= 15 is 0 Å². The van der Waals surface area contributed by atoms with E-state index in [-0.39, 0.29) is 16.5 Å². The van der Waals surface area contributed by atoms with E-state index in [2.05, 4.69) is 0 Å². The van der Waals surface area contributed by atoms with Crippen LogP contribution in [0.4, 0.5) is 0 Å². The van der Waals surface area contributed by atoms with E-state index in [4.69, 9.17) is 4.74 Å². The fraction of sp³-hybridized carbons (Fsp3) is 0.467. The van der Waals surface area contributed by atoms with Crippen LogP contribution in [0.3, 0.4) is 0 Å². The second kappa shape index (κ2) is 7.56. The molecule has 4 nitrogen and oxygen atoms in total. The number of ether oxygens (including phenoxy) is 1. The van der Waals surface area contributed by atoms with Gasteiger partial charge in [0.25, 0.3) is 0 Å². The average molecular weight is 263 g/mol. The maximum absolute atomic E-state index is 11.0. The maximum atomic E-state index is 11.0. The van der Waals surface area contributed by atoms with Crippen LogP contribution in [0.1, 0.15) is 39.2 Å².